The first-order chi connectivity index (χ1) is 10.7. The van der Waals surface area contributed by atoms with Crippen LogP contribution in [0.3, 0.4) is 0 Å². The summed E-state index contributed by atoms with van der Waals surface area (Å²) in [5, 5.41) is 12.8. The van der Waals surface area contributed by atoms with E-state index in [2.05, 4.69) is 9.82 Å². The van der Waals surface area contributed by atoms with Crippen LogP contribution in [0.15, 0.2) is 35.5 Å². The van der Waals surface area contributed by atoms with E-state index in [0.717, 1.165) is 18.2 Å². The first-order valence-electron chi connectivity index (χ1n) is 6.76. The Bertz CT molecular complexity index is 830. The van der Waals surface area contributed by atoms with Gasteiger partial charge in [-0.2, -0.15) is 5.10 Å². The molecule has 2 aromatic rings. The van der Waals surface area contributed by atoms with Crippen LogP contribution in [0.4, 0.5) is 4.39 Å². The lowest BCUT2D eigenvalue weighted by Gasteiger charge is -2.07. The Morgan fingerprint density at radius 2 is 2.13 bits per heavy atom. The van der Waals surface area contributed by atoms with Gasteiger partial charge < -0.3 is 5.11 Å². The standard InChI is InChI=1S/C14H16FN3O4S/c1-9(2)18-8-12(7-16-18)23(21,22)17-6-11-5-10(14(19)20)3-4-13(11)15/h3-5,7-9,17H,6H2,1-2H3,(H,19,20). The van der Waals surface area contributed by atoms with Crippen LogP contribution in [0.1, 0.15) is 35.8 Å². The van der Waals surface area contributed by atoms with Crippen LogP contribution < -0.4 is 4.72 Å². The van der Waals surface area contributed by atoms with E-state index in [0.29, 0.717) is 0 Å². The molecule has 0 saturated heterocycles. The van der Waals surface area contributed by atoms with Gasteiger partial charge in [-0.15, -0.1) is 0 Å². The fourth-order valence-electron chi connectivity index (χ4n) is 1.84. The molecule has 9 heteroatoms. The van der Waals surface area contributed by atoms with Crippen LogP contribution in [-0.4, -0.2) is 29.3 Å². The number of sulfonamides is 1. The molecule has 0 bridgehead atoms. The number of aromatic nitrogens is 2. The molecule has 0 radical (unpaired) electrons. The van der Waals surface area contributed by atoms with Gasteiger partial charge in [-0.05, 0) is 32.0 Å². The molecular formula is C14H16FN3O4S. The highest BCUT2D eigenvalue weighted by atomic mass is 32.2. The van der Waals surface area contributed by atoms with Crippen LogP contribution in [-0.2, 0) is 16.6 Å². The van der Waals surface area contributed by atoms with Gasteiger partial charge in [-0.25, -0.2) is 22.3 Å². The minimum atomic E-state index is -3.87. The van der Waals surface area contributed by atoms with E-state index in [1.54, 1.807) is 0 Å². The average molecular weight is 341 g/mol. The number of rotatable bonds is 6. The number of carboxylic acid groups (broad SMARTS) is 1. The van der Waals surface area contributed by atoms with Crippen molar-refractivity contribution in [2.75, 3.05) is 0 Å². The Morgan fingerprint density at radius 1 is 1.43 bits per heavy atom. The van der Waals surface area contributed by atoms with Crippen molar-refractivity contribution >= 4 is 16.0 Å². The lowest BCUT2D eigenvalue weighted by molar-refractivity contribution is 0.0696. The highest BCUT2D eigenvalue weighted by Gasteiger charge is 2.18. The predicted molar refractivity (Wildman–Crippen MR) is 80.0 cm³/mol. The van der Waals surface area contributed by atoms with Gasteiger partial charge in [0.05, 0.1) is 11.8 Å². The SMILES string of the molecule is CC(C)n1cc(S(=O)(=O)NCc2cc(C(=O)O)ccc2F)cn1. The first kappa shape index (κ1) is 17.1. The number of carbonyl (C=O) groups is 1. The van der Waals surface area contributed by atoms with Gasteiger partial charge in [0.2, 0.25) is 10.0 Å². The van der Waals surface area contributed by atoms with Crippen molar-refractivity contribution in [2.24, 2.45) is 0 Å². The van der Waals surface area contributed by atoms with E-state index in [1.165, 1.54) is 17.1 Å². The van der Waals surface area contributed by atoms with Gasteiger partial charge in [0.1, 0.15) is 10.7 Å². The van der Waals surface area contributed by atoms with Crippen molar-refractivity contribution in [2.45, 2.75) is 31.3 Å². The van der Waals surface area contributed by atoms with Crippen LogP contribution in [0, 0.1) is 5.82 Å². The third-order valence-electron chi connectivity index (χ3n) is 3.16. The third kappa shape index (κ3) is 3.93. The zero-order chi connectivity index (χ0) is 17.2. The van der Waals surface area contributed by atoms with Crippen molar-refractivity contribution in [1.29, 1.82) is 0 Å². The summed E-state index contributed by atoms with van der Waals surface area (Å²) in [6.45, 7) is 3.34. The fourth-order valence-corrected chi connectivity index (χ4v) is 2.79. The Balaban J connectivity index is 2.18. The number of carboxylic acids is 1. The van der Waals surface area contributed by atoms with Crippen LogP contribution in [0.25, 0.3) is 0 Å². The van der Waals surface area contributed by atoms with Gasteiger partial charge in [0.15, 0.2) is 0 Å². The van der Waals surface area contributed by atoms with Gasteiger partial charge >= 0.3 is 5.97 Å². The summed E-state index contributed by atoms with van der Waals surface area (Å²) in [5.74, 6) is -1.90. The van der Waals surface area contributed by atoms with Gasteiger partial charge in [-0.1, -0.05) is 0 Å². The number of halogens is 1. The zero-order valence-electron chi connectivity index (χ0n) is 12.5. The van der Waals surface area contributed by atoms with Gasteiger partial charge in [0.25, 0.3) is 0 Å². The van der Waals surface area contributed by atoms with Crippen molar-refractivity contribution in [3.8, 4) is 0 Å². The Morgan fingerprint density at radius 3 is 2.70 bits per heavy atom. The topological polar surface area (TPSA) is 101 Å². The lowest BCUT2D eigenvalue weighted by Crippen LogP contribution is -2.23. The molecule has 2 N–H and O–H groups in total. The molecule has 1 aromatic carbocycles. The second-order valence-corrected chi connectivity index (χ2v) is 6.95. The number of benzene rings is 1. The van der Waals surface area contributed by atoms with Crippen molar-refractivity contribution in [1.82, 2.24) is 14.5 Å². The Kier molecular flexibility index (Phi) is 4.81. The summed E-state index contributed by atoms with van der Waals surface area (Å²) in [5.41, 5.74) is -0.169. The summed E-state index contributed by atoms with van der Waals surface area (Å²) < 4.78 is 41.7. The summed E-state index contributed by atoms with van der Waals surface area (Å²) >= 11 is 0. The molecule has 0 aliphatic carbocycles. The first-order valence-corrected chi connectivity index (χ1v) is 8.24. The van der Waals surface area contributed by atoms with Crippen LogP contribution in [0.5, 0.6) is 0 Å². The van der Waals surface area contributed by atoms with Crippen LogP contribution >= 0.6 is 0 Å². The summed E-state index contributed by atoms with van der Waals surface area (Å²) in [7, 11) is -3.87. The zero-order valence-corrected chi connectivity index (χ0v) is 13.3. The third-order valence-corrected chi connectivity index (χ3v) is 4.52. The molecule has 0 saturated carbocycles. The second-order valence-electron chi connectivity index (χ2n) is 5.19. The molecule has 0 aliphatic rings. The average Bonchev–Trinajstić information content (AvgIpc) is 2.97. The van der Waals surface area contributed by atoms with E-state index < -0.39 is 21.8 Å². The van der Waals surface area contributed by atoms with Gasteiger partial charge in [-0.3, -0.25) is 4.68 Å². The van der Waals surface area contributed by atoms with Crippen molar-refractivity contribution < 1.29 is 22.7 Å². The van der Waals surface area contributed by atoms with E-state index in [4.69, 9.17) is 5.11 Å². The normalized spacial score (nSPS) is 11.8. The van der Waals surface area contributed by atoms with Crippen molar-refractivity contribution in [3.05, 3.63) is 47.5 Å². The largest absolute Gasteiger partial charge is 0.478 e. The molecule has 7 nitrogen and oxygen atoms in total. The molecule has 1 aromatic heterocycles. The van der Waals surface area contributed by atoms with E-state index >= 15 is 0 Å². The van der Waals surface area contributed by atoms with Crippen LogP contribution in [0.2, 0.25) is 0 Å². The maximum Gasteiger partial charge on any atom is 0.335 e. The molecule has 0 aliphatic heterocycles. The highest BCUT2D eigenvalue weighted by Crippen LogP contribution is 2.14. The van der Waals surface area contributed by atoms with E-state index in [-0.39, 0.29) is 28.6 Å². The highest BCUT2D eigenvalue weighted by molar-refractivity contribution is 7.89. The molecule has 0 unspecified atom stereocenters. The monoisotopic (exact) mass is 341 g/mol. The summed E-state index contributed by atoms with van der Waals surface area (Å²) in [6, 6.07) is 3.20. The molecule has 124 valence electrons. The molecule has 1 heterocycles. The molecule has 0 amide bonds. The summed E-state index contributed by atoms with van der Waals surface area (Å²) in [4.78, 5) is 10.8. The molecule has 23 heavy (non-hydrogen) atoms. The smallest absolute Gasteiger partial charge is 0.335 e. The molecule has 0 spiro atoms. The number of nitrogens with one attached hydrogen (secondary N) is 1. The van der Waals surface area contributed by atoms with Gasteiger partial charge in [0, 0.05) is 24.3 Å². The lowest BCUT2D eigenvalue weighted by atomic mass is 10.1. The Labute approximate surface area is 132 Å². The molecular weight excluding hydrogens is 325 g/mol. The molecule has 2 rings (SSSR count). The quantitative estimate of drug-likeness (QED) is 0.834. The maximum absolute atomic E-state index is 13.7. The second kappa shape index (κ2) is 6.47. The maximum atomic E-state index is 13.7. The number of hydrogen-bond donors (Lipinski definition) is 2. The van der Waals surface area contributed by atoms with E-state index in [1.807, 2.05) is 13.8 Å². The Hall–Kier alpha value is -2.26. The minimum Gasteiger partial charge on any atom is -0.478 e. The fraction of sp³-hybridized carbons (Fsp3) is 0.286. The number of nitrogens with zero attached hydrogens (tertiary/aromatic N) is 2. The summed E-state index contributed by atoms with van der Waals surface area (Å²) in [6.07, 6.45) is 2.57. The van der Waals surface area contributed by atoms with E-state index in [9.17, 15) is 17.6 Å². The number of hydrogen-bond acceptors (Lipinski definition) is 4. The molecule has 0 atom stereocenters. The predicted octanol–water partition coefficient (Wildman–Crippen LogP) is 1.78. The number of aromatic carboxylic acids is 1. The molecule has 0 fully saturated rings. The minimum absolute atomic E-state index is 0.00337. The van der Waals surface area contributed by atoms with Crippen molar-refractivity contribution in [3.63, 3.8) is 0 Å².